The molecule has 2 aliphatic heterocycles. The van der Waals surface area contributed by atoms with Crippen molar-refractivity contribution in [1.29, 1.82) is 0 Å². The molecule has 3 rings (SSSR count). The summed E-state index contributed by atoms with van der Waals surface area (Å²) in [5.41, 5.74) is 0. The summed E-state index contributed by atoms with van der Waals surface area (Å²) in [6.07, 6.45) is 0. The number of aromatic nitrogens is 2. The smallest absolute Gasteiger partial charge is 0.272 e. The van der Waals surface area contributed by atoms with Crippen LogP contribution in [0.1, 0.15) is 11.9 Å². The quantitative estimate of drug-likeness (QED) is 0.415. The number of azo groups is 1. The van der Waals surface area contributed by atoms with E-state index in [0.29, 0.717) is 15.0 Å². The maximum Gasteiger partial charge on any atom is 0.285 e. The lowest BCUT2D eigenvalue weighted by atomic mass is 10.1. The number of hydrogen-bond donors (Lipinski definition) is 0. The van der Waals surface area contributed by atoms with Crippen molar-refractivity contribution in [3.8, 4) is 0 Å². The highest BCUT2D eigenvalue weighted by Gasteiger charge is 2.59. The molecule has 3 heterocycles. The number of rotatable bonds is 2. The SMILES string of the molecule is Cc1nnc(N=NC2C(=O)N3C(=O)C(C)C(=O)N3C2=O)s1. The fourth-order valence-electron chi connectivity index (χ4n) is 1.95. The molecule has 10 nitrogen and oxygen atoms in total. The third-order valence-electron chi connectivity index (χ3n) is 3.02. The van der Waals surface area contributed by atoms with Crippen LogP contribution in [0, 0.1) is 12.8 Å². The molecule has 0 aliphatic carbocycles. The summed E-state index contributed by atoms with van der Waals surface area (Å²) >= 11 is 1.13. The van der Waals surface area contributed by atoms with Crippen LogP contribution in [0.25, 0.3) is 0 Å². The lowest BCUT2D eigenvalue weighted by molar-refractivity contribution is -0.159. The summed E-state index contributed by atoms with van der Waals surface area (Å²) in [5, 5.41) is 16.5. The van der Waals surface area contributed by atoms with Crippen molar-refractivity contribution in [2.75, 3.05) is 0 Å². The first kappa shape index (κ1) is 13.4. The third kappa shape index (κ3) is 1.85. The zero-order valence-electron chi connectivity index (χ0n) is 10.9. The molecule has 108 valence electrons. The van der Waals surface area contributed by atoms with Crippen LogP contribution < -0.4 is 0 Å². The largest absolute Gasteiger partial charge is 0.285 e. The van der Waals surface area contributed by atoms with Crippen molar-refractivity contribution in [2.24, 2.45) is 16.1 Å². The van der Waals surface area contributed by atoms with Crippen molar-refractivity contribution in [2.45, 2.75) is 19.9 Å². The topological polar surface area (TPSA) is 125 Å². The lowest BCUT2D eigenvalue weighted by Gasteiger charge is -2.12. The molecule has 0 atom stereocenters. The molecule has 0 unspecified atom stereocenters. The van der Waals surface area contributed by atoms with Gasteiger partial charge < -0.3 is 0 Å². The standard InChI is InChI=1S/C10H8N6O4S/c1-3-6(17)15-8(19)5(9(20)16(15)7(3)18)12-14-10-13-11-4(2)21-10/h3,5H,1-2H3. The van der Waals surface area contributed by atoms with Crippen LogP contribution in [0.4, 0.5) is 5.13 Å². The number of carbonyl (C=O) groups excluding carboxylic acids is 4. The van der Waals surface area contributed by atoms with E-state index < -0.39 is 35.6 Å². The molecule has 0 aromatic carbocycles. The summed E-state index contributed by atoms with van der Waals surface area (Å²) in [6.45, 7) is 3.05. The second-order valence-electron chi connectivity index (χ2n) is 4.42. The predicted molar refractivity (Wildman–Crippen MR) is 65.8 cm³/mol. The molecule has 1 aromatic heterocycles. The Morgan fingerprint density at radius 1 is 1.00 bits per heavy atom. The van der Waals surface area contributed by atoms with Crippen molar-refractivity contribution >= 4 is 40.1 Å². The van der Waals surface area contributed by atoms with Gasteiger partial charge in [-0.25, -0.2) is 0 Å². The maximum absolute atomic E-state index is 12.0. The summed E-state index contributed by atoms with van der Waals surface area (Å²) in [7, 11) is 0. The third-order valence-corrected chi connectivity index (χ3v) is 3.74. The first-order valence-corrected chi connectivity index (χ1v) is 6.70. The maximum atomic E-state index is 12.0. The number of aryl methyl sites for hydroxylation is 1. The molecule has 0 N–H and O–H groups in total. The van der Waals surface area contributed by atoms with E-state index in [-0.39, 0.29) is 5.13 Å². The van der Waals surface area contributed by atoms with Crippen LogP contribution in [0.3, 0.4) is 0 Å². The first-order valence-electron chi connectivity index (χ1n) is 5.88. The number of hydrazine groups is 1. The van der Waals surface area contributed by atoms with Crippen LogP contribution in [-0.2, 0) is 19.2 Å². The molecule has 0 spiro atoms. The van der Waals surface area contributed by atoms with E-state index in [1.807, 2.05) is 0 Å². The van der Waals surface area contributed by atoms with E-state index >= 15 is 0 Å². The van der Waals surface area contributed by atoms with Crippen LogP contribution >= 0.6 is 11.3 Å². The molecular weight excluding hydrogens is 300 g/mol. The summed E-state index contributed by atoms with van der Waals surface area (Å²) in [5.74, 6) is -4.27. The van der Waals surface area contributed by atoms with E-state index in [9.17, 15) is 19.2 Å². The number of fused-ring (bicyclic) bond motifs is 1. The summed E-state index contributed by atoms with van der Waals surface area (Å²) in [6, 6.07) is -1.53. The van der Waals surface area contributed by atoms with Gasteiger partial charge in [0, 0.05) is 0 Å². The number of nitrogens with zero attached hydrogens (tertiary/aromatic N) is 6. The van der Waals surface area contributed by atoms with Gasteiger partial charge in [0.25, 0.3) is 28.8 Å². The van der Waals surface area contributed by atoms with E-state index in [4.69, 9.17) is 0 Å². The van der Waals surface area contributed by atoms with Crippen molar-refractivity contribution in [3.05, 3.63) is 5.01 Å². The van der Waals surface area contributed by atoms with Gasteiger partial charge in [-0.3, -0.25) is 19.2 Å². The van der Waals surface area contributed by atoms with Crippen LogP contribution in [0.15, 0.2) is 10.2 Å². The molecule has 2 fully saturated rings. The Labute approximate surface area is 121 Å². The van der Waals surface area contributed by atoms with Gasteiger partial charge in [0.15, 0.2) is 0 Å². The summed E-state index contributed by atoms with van der Waals surface area (Å²) in [4.78, 5) is 47.6. The molecule has 11 heteroatoms. The summed E-state index contributed by atoms with van der Waals surface area (Å²) < 4.78 is 0. The van der Waals surface area contributed by atoms with E-state index in [0.717, 1.165) is 11.3 Å². The fourth-order valence-corrected chi connectivity index (χ4v) is 2.47. The van der Waals surface area contributed by atoms with Gasteiger partial charge in [-0.05, 0) is 13.8 Å². The average molecular weight is 308 g/mol. The lowest BCUT2D eigenvalue weighted by Crippen LogP contribution is -2.38. The minimum atomic E-state index is -1.53. The minimum absolute atomic E-state index is 0.182. The molecule has 2 aliphatic rings. The van der Waals surface area contributed by atoms with Crippen molar-refractivity contribution < 1.29 is 19.2 Å². The number of hydrogen-bond acceptors (Lipinski definition) is 9. The Bertz CT molecular complexity index is 678. The van der Waals surface area contributed by atoms with Gasteiger partial charge in [-0.15, -0.1) is 15.3 Å². The minimum Gasteiger partial charge on any atom is -0.272 e. The molecule has 1 aromatic rings. The Kier molecular flexibility index (Phi) is 2.86. The fraction of sp³-hybridized carbons (Fsp3) is 0.400. The number of amides is 4. The zero-order chi connectivity index (χ0) is 15.3. The van der Waals surface area contributed by atoms with Gasteiger partial charge in [0.2, 0.25) is 6.04 Å². The van der Waals surface area contributed by atoms with Gasteiger partial charge in [-0.2, -0.15) is 15.1 Å². The van der Waals surface area contributed by atoms with Crippen LogP contribution in [-0.4, -0.2) is 49.9 Å². The van der Waals surface area contributed by atoms with Crippen LogP contribution in [0.5, 0.6) is 0 Å². The highest BCUT2D eigenvalue weighted by molar-refractivity contribution is 7.14. The molecule has 2 saturated heterocycles. The average Bonchev–Trinajstić information content (AvgIpc) is 3.03. The molecule has 0 radical (unpaired) electrons. The monoisotopic (exact) mass is 308 g/mol. The molecule has 0 saturated carbocycles. The highest BCUT2D eigenvalue weighted by Crippen LogP contribution is 2.29. The zero-order valence-corrected chi connectivity index (χ0v) is 11.7. The first-order chi connectivity index (χ1) is 9.91. The van der Waals surface area contributed by atoms with E-state index in [2.05, 4.69) is 20.4 Å². The van der Waals surface area contributed by atoms with Crippen LogP contribution in [0.2, 0.25) is 0 Å². The second-order valence-corrected chi connectivity index (χ2v) is 5.58. The predicted octanol–water partition coefficient (Wildman–Crippen LogP) is -0.412. The van der Waals surface area contributed by atoms with Gasteiger partial charge >= 0.3 is 0 Å². The van der Waals surface area contributed by atoms with Gasteiger partial charge in [0.05, 0.1) is 0 Å². The van der Waals surface area contributed by atoms with Crippen molar-refractivity contribution in [3.63, 3.8) is 0 Å². The molecule has 4 amide bonds. The van der Waals surface area contributed by atoms with E-state index in [1.54, 1.807) is 6.92 Å². The Morgan fingerprint density at radius 3 is 2.05 bits per heavy atom. The van der Waals surface area contributed by atoms with E-state index in [1.165, 1.54) is 6.92 Å². The normalized spacial score (nSPS) is 20.5. The highest BCUT2D eigenvalue weighted by atomic mass is 32.1. The Balaban J connectivity index is 1.88. The van der Waals surface area contributed by atoms with Gasteiger partial charge in [0.1, 0.15) is 10.9 Å². The molecule has 0 bridgehead atoms. The molecule has 21 heavy (non-hydrogen) atoms. The second kappa shape index (κ2) is 4.48. The Hall–Kier alpha value is -2.56. The van der Waals surface area contributed by atoms with Crippen molar-refractivity contribution in [1.82, 2.24) is 20.2 Å². The molecular formula is C10H8N6O4S. The Morgan fingerprint density at radius 2 is 1.57 bits per heavy atom. The number of imide groups is 2. The van der Waals surface area contributed by atoms with Gasteiger partial charge in [-0.1, -0.05) is 11.3 Å². The number of carbonyl (C=O) groups is 4.